The van der Waals surface area contributed by atoms with Crippen LogP contribution in [-0.2, 0) is 6.42 Å². The van der Waals surface area contributed by atoms with Crippen LogP contribution in [0.3, 0.4) is 0 Å². The highest BCUT2D eigenvalue weighted by Crippen LogP contribution is 2.20. The lowest BCUT2D eigenvalue weighted by atomic mass is 9.97. The van der Waals surface area contributed by atoms with E-state index in [0.29, 0.717) is 0 Å². The zero-order valence-corrected chi connectivity index (χ0v) is 17.8. The van der Waals surface area contributed by atoms with Gasteiger partial charge in [-0.1, -0.05) is 99.2 Å². The van der Waals surface area contributed by atoms with Crippen molar-refractivity contribution in [2.45, 2.75) is 52.4 Å². The van der Waals surface area contributed by atoms with Gasteiger partial charge in [0.05, 0.1) is 0 Å². The Bertz CT molecular complexity index is 685. The first kappa shape index (κ1) is 22.2. The first-order valence-corrected chi connectivity index (χ1v) is 11.0. The van der Waals surface area contributed by atoms with Crippen LogP contribution in [0.5, 0.6) is 0 Å². The minimum atomic E-state index is 0.999. The molecule has 0 unspecified atom stereocenters. The topological polar surface area (TPSA) is 3.24 Å². The molecule has 2 rings (SSSR count). The Labute approximate surface area is 172 Å². The van der Waals surface area contributed by atoms with Crippen LogP contribution < -0.4 is 0 Å². The summed E-state index contributed by atoms with van der Waals surface area (Å²) in [5.74, 6) is 0. The lowest BCUT2D eigenvalue weighted by molar-refractivity contribution is 0.279. The molecule has 0 N–H and O–H groups in total. The van der Waals surface area contributed by atoms with E-state index >= 15 is 0 Å². The third kappa shape index (κ3) is 8.71. The molecule has 0 spiro atoms. The molecule has 0 aliphatic carbocycles. The van der Waals surface area contributed by atoms with Gasteiger partial charge in [0.15, 0.2) is 0 Å². The zero-order chi connectivity index (χ0) is 19.9. The maximum Gasteiger partial charge on any atom is 0.00162 e. The molecule has 2 aromatic rings. The van der Waals surface area contributed by atoms with E-state index in [4.69, 9.17) is 0 Å². The van der Waals surface area contributed by atoms with Gasteiger partial charge in [-0.2, -0.15) is 0 Å². The van der Waals surface area contributed by atoms with Crippen molar-refractivity contribution < 1.29 is 0 Å². The minimum absolute atomic E-state index is 0.999. The van der Waals surface area contributed by atoms with Crippen LogP contribution in [-0.4, -0.2) is 24.5 Å². The van der Waals surface area contributed by atoms with Gasteiger partial charge in [0, 0.05) is 13.1 Å². The zero-order valence-electron chi connectivity index (χ0n) is 17.8. The van der Waals surface area contributed by atoms with E-state index in [9.17, 15) is 0 Å². The van der Waals surface area contributed by atoms with Crippen molar-refractivity contribution in [3.05, 3.63) is 90.0 Å². The number of benzene rings is 2. The van der Waals surface area contributed by atoms with Crippen molar-refractivity contribution >= 4 is 5.57 Å². The fraction of sp³-hybridized carbons (Fsp3) is 0.407. The number of unbranched alkanes of at least 4 members (excludes halogenated alkanes) is 1. The van der Waals surface area contributed by atoms with E-state index in [-0.39, 0.29) is 0 Å². The minimum Gasteiger partial charge on any atom is -0.303 e. The molecule has 1 heteroatoms. The molecule has 150 valence electrons. The van der Waals surface area contributed by atoms with E-state index in [1.54, 1.807) is 0 Å². The van der Waals surface area contributed by atoms with Gasteiger partial charge in [-0.15, -0.1) is 0 Å². The lowest BCUT2D eigenvalue weighted by Gasteiger charge is -2.21. The molecule has 28 heavy (non-hydrogen) atoms. The standard InChI is InChI=1S/C27H37N/c1-3-5-7-14-22-28(21-6-4-2)23-15-20-27(26-18-12-9-13-19-26)24-25-16-10-8-11-17-25/h5,7-13,16-20H,3-4,6,14-15,21-24H2,1-2H3/b7-5+,27-20-. The number of hydrogen-bond donors (Lipinski definition) is 0. The van der Waals surface area contributed by atoms with Gasteiger partial charge in [-0.3, -0.25) is 0 Å². The van der Waals surface area contributed by atoms with Crippen LogP contribution in [0.2, 0.25) is 0 Å². The number of hydrogen-bond acceptors (Lipinski definition) is 1. The van der Waals surface area contributed by atoms with Crippen molar-refractivity contribution in [3.8, 4) is 0 Å². The van der Waals surface area contributed by atoms with Crippen molar-refractivity contribution in [3.63, 3.8) is 0 Å². The Balaban J connectivity index is 2.01. The Morgan fingerprint density at radius 3 is 2.14 bits per heavy atom. The fourth-order valence-corrected chi connectivity index (χ4v) is 3.44. The molecule has 0 saturated heterocycles. The number of nitrogens with zero attached hydrogens (tertiary/aromatic N) is 1. The number of rotatable bonds is 13. The summed E-state index contributed by atoms with van der Waals surface area (Å²) in [5, 5.41) is 0. The molecule has 0 atom stereocenters. The van der Waals surface area contributed by atoms with Crippen molar-refractivity contribution in [1.29, 1.82) is 0 Å². The highest BCUT2D eigenvalue weighted by Gasteiger charge is 2.05. The molecule has 0 aromatic heterocycles. The molecule has 0 amide bonds. The monoisotopic (exact) mass is 375 g/mol. The van der Waals surface area contributed by atoms with Crippen LogP contribution >= 0.6 is 0 Å². The van der Waals surface area contributed by atoms with Crippen LogP contribution in [0.4, 0.5) is 0 Å². The maximum absolute atomic E-state index is 2.63. The fourth-order valence-electron chi connectivity index (χ4n) is 3.44. The molecule has 0 heterocycles. The molecular weight excluding hydrogens is 338 g/mol. The van der Waals surface area contributed by atoms with E-state index in [1.165, 1.54) is 42.6 Å². The molecule has 0 saturated carbocycles. The molecule has 1 nitrogen and oxygen atoms in total. The lowest BCUT2D eigenvalue weighted by Crippen LogP contribution is -2.26. The van der Waals surface area contributed by atoms with Gasteiger partial charge in [0.25, 0.3) is 0 Å². The van der Waals surface area contributed by atoms with Crippen LogP contribution in [0.25, 0.3) is 5.57 Å². The molecule has 0 bridgehead atoms. The Kier molecular flexibility index (Phi) is 11.1. The summed E-state index contributed by atoms with van der Waals surface area (Å²) < 4.78 is 0. The highest BCUT2D eigenvalue weighted by atomic mass is 15.1. The van der Waals surface area contributed by atoms with Crippen molar-refractivity contribution in [2.24, 2.45) is 0 Å². The third-order valence-electron chi connectivity index (χ3n) is 5.06. The van der Waals surface area contributed by atoms with E-state index < -0.39 is 0 Å². The van der Waals surface area contributed by atoms with Gasteiger partial charge in [0.1, 0.15) is 0 Å². The summed E-state index contributed by atoms with van der Waals surface area (Å²) in [4.78, 5) is 2.63. The quantitative estimate of drug-likeness (QED) is 0.336. The summed E-state index contributed by atoms with van der Waals surface area (Å²) in [6, 6.07) is 21.7. The van der Waals surface area contributed by atoms with Gasteiger partial charge in [0.2, 0.25) is 0 Å². The Morgan fingerprint density at radius 1 is 0.786 bits per heavy atom. The number of allylic oxidation sites excluding steroid dienone is 2. The predicted octanol–water partition coefficient (Wildman–Crippen LogP) is 7.16. The summed E-state index contributed by atoms with van der Waals surface area (Å²) in [6.07, 6.45) is 14.0. The largest absolute Gasteiger partial charge is 0.303 e. The van der Waals surface area contributed by atoms with Crippen LogP contribution in [0, 0.1) is 0 Å². The van der Waals surface area contributed by atoms with E-state index in [0.717, 1.165) is 32.2 Å². The van der Waals surface area contributed by atoms with E-state index in [1.807, 2.05) is 0 Å². The molecular formula is C27H37N. The second-order valence-corrected chi connectivity index (χ2v) is 7.41. The second kappa shape index (κ2) is 14.0. The van der Waals surface area contributed by atoms with Gasteiger partial charge in [-0.25, -0.2) is 0 Å². The molecule has 0 aliphatic heterocycles. The highest BCUT2D eigenvalue weighted by molar-refractivity contribution is 5.67. The van der Waals surface area contributed by atoms with E-state index in [2.05, 4.69) is 97.6 Å². The first-order chi connectivity index (χ1) is 13.8. The Hall–Kier alpha value is -2.12. The summed E-state index contributed by atoms with van der Waals surface area (Å²) >= 11 is 0. The smallest absolute Gasteiger partial charge is 0.00162 e. The van der Waals surface area contributed by atoms with Gasteiger partial charge in [-0.05, 0) is 55.3 Å². The van der Waals surface area contributed by atoms with Crippen molar-refractivity contribution in [1.82, 2.24) is 4.90 Å². The summed E-state index contributed by atoms with van der Waals surface area (Å²) in [5.41, 5.74) is 4.16. The predicted molar refractivity (Wildman–Crippen MR) is 125 cm³/mol. The second-order valence-electron chi connectivity index (χ2n) is 7.41. The molecule has 0 fully saturated rings. The average Bonchev–Trinajstić information content (AvgIpc) is 2.75. The van der Waals surface area contributed by atoms with Crippen molar-refractivity contribution in [2.75, 3.05) is 19.6 Å². The van der Waals surface area contributed by atoms with Crippen LogP contribution in [0.15, 0.2) is 78.9 Å². The maximum atomic E-state index is 2.63. The molecule has 2 aromatic carbocycles. The van der Waals surface area contributed by atoms with Gasteiger partial charge >= 0.3 is 0 Å². The molecule has 0 radical (unpaired) electrons. The summed E-state index contributed by atoms with van der Waals surface area (Å²) in [6.45, 7) is 8.01. The average molecular weight is 376 g/mol. The SMILES string of the molecule is CC/C=C/CCN(CC/C=C(/Cc1ccccc1)c1ccccc1)CCCC. The Morgan fingerprint density at radius 2 is 1.46 bits per heavy atom. The molecule has 0 aliphatic rings. The third-order valence-corrected chi connectivity index (χ3v) is 5.06. The van der Waals surface area contributed by atoms with Gasteiger partial charge < -0.3 is 4.90 Å². The summed E-state index contributed by atoms with van der Waals surface area (Å²) in [7, 11) is 0. The normalized spacial score (nSPS) is 12.2. The first-order valence-electron chi connectivity index (χ1n) is 11.0. The van der Waals surface area contributed by atoms with Crippen LogP contribution in [0.1, 0.15) is 57.1 Å².